The highest BCUT2D eigenvalue weighted by molar-refractivity contribution is 9.10. The fourth-order valence-electron chi connectivity index (χ4n) is 3.78. The molecule has 0 bridgehead atoms. The van der Waals surface area contributed by atoms with Gasteiger partial charge in [0, 0.05) is 21.6 Å². The number of ketones is 1. The Balaban J connectivity index is 1.99. The summed E-state index contributed by atoms with van der Waals surface area (Å²) in [5, 5.41) is 10.5. The summed E-state index contributed by atoms with van der Waals surface area (Å²) in [5.41, 5.74) is 2.30. The second-order valence-electron chi connectivity index (χ2n) is 6.37. The van der Waals surface area contributed by atoms with Gasteiger partial charge in [0.15, 0.2) is 11.5 Å². The molecule has 26 heavy (non-hydrogen) atoms. The Bertz CT molecular complexity index is 964. The van der Waals surface area contributed by atoms with E-state index in [-0.39, 0.29) is 11.4 Å². The minimum absolute atomic E-state index is 0.141. The third kappa shape index (κ3) is 2.22. The van der Waals surface area contributed by atoms with E-state index in [9.17, 15) is 14.7 Å². The summed E-state index contributed by atoms with van der Waals surface area (Å²) in [6, 6.07) is 12.0. The van der Waals surface area contributed by atoms with Crippen molar-refractivity contribution in [2.75, 3.05) is 12.0 Å². The number of anilines is 1. The van der Waals surface area contributed by atoms with Gasteiger partial charge in [0.2, 0.25) is 0 Å². The van der Waals surface area contributed by atoms with Crippen molar-refractivity contribution in [2.45, 2.75) is 18.9 Å². The van der Waals surface area contributed by atoms with Crippen LogP contribution in [0.25, 0.3) is 0 Å². The van der Waals surface area contributed by atoms with Gasteiger partial charge in [0.1, 0.15) is 5.75 Å². The van der Waals surface area contributed by atoms with E-state index >= 15 is 0 Å². The average molecular weight is 414 g/mol. The first-order chi connectivity index (χ1) is 12.5. The summed E-state index contributed by atoms with van der Waals surface area (Å²) in [7, 11) is 1.56. The van der Waals surface area contributed by atoms with E-state index in [0.29, 0.717) is 11.4 Å². The predicted octanol–water partition coefficient (Wildman–Crippen LogP) is 4.04. The minimum atomic E-state index is -0.696. The number of aliphatic hydroxyl groups excluding tert-OH is 1. The molecule has 2 atom stereocenters. The molecule has 1 amide bonds. The molecule has 1 heterocycles. The van der Waals surface area contributed by atoms with Crippen LogP contribution in [0.3, 0.4) is 0 Å². The van der Waals surface area contributed by atoms with Crippen molar-refractivity contribution < 1.29 is 19.4 Å². The van der Waals surface area contributed by atoms with Gasteiger partial charge in [0.05, 0.1) is 18.7 Å². The van der Waals surface area contributed by atoms with Crippen molar-refractivity contribution in [2.24, 2.45) is 0 Å². The first kappa shape index (κ1) is 16.8. The summed E-state index contributed by atoms with van der Waals surface area (Å²) in [6.45, 7) is 1.78. The number of fused-ring (bicyclic) bond motifs is 3. The van der Waals surface area contributed by atoms with E-state index in [1.54, 1.807) is 32.2 Å². The van der Waals surface area contributed by atoms with E-state index in [2.05, 4.69) is 15.9 Å². The van der Waals surface area contributed by atoms with Gasteiger partial charge in [-0.2, -0.15) is 0 Å². The molecule has 0 aromatic heterocycles. The number of benzene rings is 2. The fraction of sp³-hybridized carbons (Fsp3) is 0.200. The van der Waals surface area contributed by atoms with E-state index in [1.165, 1.54) is 4.90 Å². The molecule has 0 spiro atoms. The van der Waals surface area contributed by atoms with Gasteiger partial charge in [-0.25, -0.2) is 0 Å². The highest BCUT2D eigenvalue weighted by Crippen LogP contribution is 2.51. The first-order valence-electron chi connectivity index (χ1n) is 8.19. The van der Waals surface area contributed by atoms with Crippen molar-refractivity contribution >= 4 is 33.3 Å². The Kier molecular flexibility index (Phi) is 3.88. The Morgan fingerprint density at radius 3 is 2.46 bits per heavy atom. The Morgan fingerprint density at radius 1 is 1.12 bits per heavy atom. The van der Waals surface area contributed by atoms with Crippen LogP contribution in [0.1, 0.15) is 30.0 Å². The molecular formula is C20H16BrNO4. The van der Waals surface area contributed by atoms with E-state index in [4.69, 9.17) is 4.74 Å². The highest BCUT2D eigenvalue weighted by atomic mass is 79.9. The van der Waals surface area contributed by atoms with Crippen molar-refractivity contribution in [3.8, 4) is 5.75 Å². The summed E-state index contributed by atoms with van der Waals surface area (Å²) >= 11 is 3.38. The predicted molar refractivity (Wildman–Crippen MR) is 100 cm³/mol. The molecule has 2 aliphatic rings. The Morgan fingerprint density at radius 2 is 1.81 bits per heavy atom. The number of halogens is 1. The maximum Gasteiger partial charge on any atom is 0.294 e. The van der Waals surface area contributed by atoms with Gasteiger partial charge in [-0.3, -0.25) is 14.5 Å². The molecule has 4 rings (SSSR count). The van der Waals surface area contributed by atoms with Crippen molar-refractivity contribution in [3.63, 3.8) is 0 Å². The summed E-state index contributed by atoms with van der Waals surface area (Å²) in [6.07, 6.45) is 0. The number of hydrogen-bond acceptors (Lipinski definition) is 4. The normalized spacial score (nSPS) is 21.7. The number of Topliss-reactive ketones (excluding diaryl/α,β-unsaturated/α-hetero) is 1. The monoisotopic (exact) mass is 413 g/mol. The topological polar surface area (TPSA) is 66.8 Å². The largest absolute Gasteiger partial charge is 0.503 e. The van der Waals surface area contributed by atoms with E-state index in [1.807, 2.05) is 24.3 Å². The number of rotatable bonds is 2. The van der Waals surface area contributed by atoms with Crippen LogP contribution in [0.2, 0.25) is 0 Å². The number of amides is 1. The maximum absolute atomic E-state index is 12.9. The second-order valence-corrected chi connectivity index (χ2v) is 7.28. The third-order valence-electron chi connectivity index (χ3n) is 5.03. The minimum Gasteiger partial charge on any atom is -0.503 e. The number of ether oxygens (including phenoxy) is 1. The van der Waals surface area contributed by atoms with E-state index < -0.39 is 23.6 Å². The van der Waals surface area contributed by atoms with Gasteiger partial charge >= 0.3 is 0 Å². The molecule has 1 aliphatic carbocycles. The molecule has 0 saturated carbocycles. The molecule has 1 aliphatic heterocycles. The summed E-state index contributed by atoms with van der Waals surface area (Å²) in [5.74, 6) is -1.15. The van der Waals surface area contributed by atoms with Crippen LogP contribution in [0.5, 0.6) is 5.75 Å². The molecule has 2 aromatic rings. The number of carbonyl (C=O) groups is 2. The fourth-order valence-corrected chi connectivity index (χ4v) is 4.05. The lowest BCUT2D eigenvalue weighted by Crippen LogP contribution is -2.35. The standard InChI is InChI=1S/C20H16BrNO4/c1-10-13-4-3-5-14(26-2)15(13)17-16(18(10)23)19(24)20(25)22(17)12-8-6-11(21)7-9-12/h3-10,17,24H,1-2H3/t10?,17-/m1/s1. The van der Waals surface area contributed by atoms with Gasteiger partial charge in [-0.1, -0.05) is 35.0 Å². The number of hydrogen-bond donors (Lipinski definition) is 1. The lowest BCUT2D eigenvalue weighted by atomic mass is 9.76. The SMILES string of the molecule is COc1cccc2c1[C@@H]1C(=C(O)C(=O)N1c1ccc(Br)cc1)C(=O)C2C. The molecule has 0 radical (unpaired) electrons. The average Bonchev–Trinajstić information content (AvgIpc) is 2.91. The Hall–Kier alpha value is -2.60. The zero-order valence-corrected chi connectivity index (χ0v) is 15.8. The molecule has 1 unspecified atom stereocenters. The van der Waals surface area contributed by atoms with Crippen molar-refractivity contribution in [1.29, 1.82) is 0 Å². The molecule has 5 nitrogen and oxygen atoms in total. The lowest BCUT2D eigenvalue weighted by Gasteiger charge is -2.34. The maximum atomic E-state index is 12.9. The van der Waals surface area contributed by atoms with Crippen LogP contribution in [0.4, 0.5) is 5.69 Å². The number of aliphatic hydroxyl groups is 1. The van der Waals surface area contributed by atoms with Crippen LogP contribution in [0.15, 0.2) is 58.3 Å². The van der Waals surface area contributed by atoms with Gasteiger partial charge < -0.3 is 9.84 Å². The third-order valence-corrected chi connectivity index (χ3v) is 5.56. The first-order valence-corrected chi connectivity index (χ1v) is 8.98. The highest BCUT2D eigenvalue weighted by Gasteiger charge is 2.50. The summed E-state index contributed by atoms with van der Waals surface area (Å²) < 4.78 is 6.39. The quantitative estimate of drug-likeness (QED) is 0.806. The van der Waals surface area contributed by atoms with Crippen molar-refractivity contribution in [3.05, 3.63) is 69.4 Å². The van der Waals surface area contributed by atoms with Crippen LogP contribution >= 0.6 is 15.9 Å². The molecule has 0 saturated heterocycles. The van der Waals surface area contributed by atoms with Crippen LogP contribution in [-0.4, -0.2) is 23.9 Å². The number of carbonyl (C=O) groups excluding carboxylic acids is 2. The van der Waals surface area contributed by atoms with E-state index in [0.717, 1.165) is 15.6 Å². The smallest absolute Gasteiger partial charge is 0.294 e. The second kappa shape index (κ2) is 5.99. The zero-order valence-electron chi connectivity index (χ0n) is 14.2. The van der Waals surface area contributed by atoms with Crippen LogP contribution in [0, 0.1) is 0 Å². The molecule has 132 valence electrons. The molecule has 1 N–H and O–H groups in total. The van der Waals surface area contributed by atoms with Gasteiger partial charge in [0.25, 0.3) is 5.91 Å². The van der Waals surface area contributed by atoms with Crippen LogP contribution in [-0.2, 0) is 9.59 Å². The Labute approximate surface area is 159 Å². The molecule has 2 aromatic carbocycles. The van der Waals surface area contributed by atoms with Gasteiger partial charge in [-0.15, -0.1) is 0 Å². The number of methoxy groups -OCH3 is 1. The molecule has 6 heteroatoms. The van der Waals surface area contributed by atoms with Crippen LogP contribution < -0.4 is 9.64 Å². The molecule has 0 fully saturated rings. The lowest BCUT2D eigenvalue weighted by molar-refractivity contribution is -0.118. The zero-order chi connectivity index (χ0) is 18.6. The van der Waals surface area contributed by atoms with Gasteiger partial charge in [-0.05, 0) is 35.9 Å². The van der Waals surface area contributed by atoms with Crippen molar-refractivity contribution in [1.82, 2.24) is 0 Å². The number of nitrogens with zero attached hydrogens (tertiary/aromatic N) is 1. The summed E-state index contributed by atoms with van der Waals surface area (Å²) in [4.78, 5) is 27.2. The molecular weight excluding hydrogens is 398 g/mol.